The van der Waals surface area contributed by atoms with E-state index >= 15 is 0 Å². The van der Waals surface area contributed by atoms with E-state index in [0.717, 1.165) is 25.7 Å². The van der Waals surface area contributed by atoms with Gasteiger partial charge in [0.25, 0.3) is 0 Å². The third kappa shape index (κ3) is 10.8. The van der Waals surface area contributed by atoms with Crippen LogP contribution in [0.1, 0.15) is 51.9 Å². The number of aliphatic hydroxyl groups is 1. The first-order valence-electron chi connectivity index (χ1n) is 10.4. The summed E-state index contributed by atoms with van der Waals surface area (Å²) in [6.07, 6.45) is 2.89. The summed E-state index contributed by atoms with van der Waals surface area (Å²) in [4.78, 5) is 46.1. The Balaban J connectivity index is 2.67. The predicted molar refractivity (Wildman–Crippen MR) is 113 cm³/mol. The van der Waals surface area contributed by atoms with Crippen LogP contribution in [0.15, 0.2) is 0 Å². The molecule has 1 aliphatic heterocycles. The average molecular weight is 464 g/mol. The van der Waals surface area contributed by atoms with Crippen LogP contribution >= 0.6 is 11.8 Å². The van der Waals surface area contributed by atoms with Gasteiger partial charge in [0.1, 0.15) is 18.6 Å². The summed E-state index contributed by atoms with van der Waals surface area (Å²) < 4.78 is 5.56. The van der Waals surface area contributed by atoms with Gasteiger partial charge in [0.05, 0.1) is 6.10 Å². The van der Waals surface area contributed by atoms with E-state index in [0.29, 0.717) is 6.42 Å². The van der Waals surface area contributed by atoms with Crippen molar-refractivity contribution in [3.8, 4) is 0 Å². The number of aliphatic carboxylic acids is 2. The quantitative estimate of drug-likeness (QED) is 0.175. The summed E-state index contributed by atoms with van der Waals surface area (Å²) in [6.45, 7) is 1.49. The number of thioether (sulfide) groups is 1. The molecule has 178 valence electrons. The second kappa shape index (κ2) is 14.2. The Morgan fingerprint density at radius 3 is 2.55 bits per heavy atom. The molecule has 0 bridgehead atoms. The number of rotatable bonds is 15. The van der Waals surface area contributed by atoms with Crippen molar-refractivity contribution >= 4 is 35.5 Å². The highest BCUT2D eigenvalue weighted by molar-refractivity contribution is 8.00. The third-order valence-electron chi connectivity index (χ3n) is 4.81. The van der Waals surface area contributed by atoms with E-state index in [1.807, 2.05) is 0 Å². The SMILES string of the molecule is CCCCC[C@@H]1O[C@@H](O)C[C@@H]1SC[C@@H](NC(=O)CC[C@H](N)C(=O)O)C(=O)NCC(=O)O. The molecule has 0 aromatic rings. The number of carboxylic acids is 2. The molecule has 1 fully saturated rings. The summed E-state index contributed by atoms with van der Waals surface area (Å²) in [5.41, 5.74) is 5.39. The van der Waals surface area contributed by atoms with Crippen molar-refractivity contribution in [2.75, 3.05) is 12.3 Å². The van der Waals surface area contributed by atoms with E-state index in [-0.39, 0.29) is 29.9 Å². The minimum Gasteiger partial charge on any atom is -0.480 e. The fourth-order valence-electron chi connectivity index (χ4n) is 3.09. The zero-order valence-corrected chi connectivity index (χ0v) is 18.4. The van der Waals surface area contributed by atoms with Gasteiger partial charge >= 0.3 is 11.9 Å². The van der Waals surface area contributed by atoms with Crippen LogP contribution in [0.25, 0.3) is 0 Å². The molecule has 1 saturated heterocycles. The van der Waals surface area contributed by atoms with Crippen LogP contribution in [0.4, 0.5) is 0 Å². The molecule has 2 amide bonds. The summed E-state index contributed by atoms with van der Waals surface area (Å²) in [7, 11) is 0. The number of aliphatic hydroxyl groups excluding tert-OH is 1. The number of ether oxygens (including phenoxy) is 1. The predicted octanol–water partition coefficient (Wildman–Crippen LogP) is -0.346. The molecule has 0 saturated carbocycles. The highest BCUT2D eigenvalue weighted by Crippen LogP contribution is 2.33. The lowest BCUT2D eigenvalue weighted by Crippen LogP contribution is -2.50. The van der Waals surface area contributed by atoms with Gasteiger partial charge in [-0.1, -0.05) is 26.2 Å². The maximum Gasteiger partial charge on any atom is 0.322 e. The molecule has 0 radical (unpaired) electrons. The van der Waals surface area contributed by atoms with Gasteiger partial charge in [-0.2, -0.15) is 11.8 Å². The first kappa shape index (κ1) is 27.1. The van der Waals surface area contributed by atoms with Gasteiger partial charge in [-0.05, 0) is 12.8 Å². The van der Waals surface area contributed by atoms with Gasteiger partial charge in [-0.3, -0.25) is 19.2 Å². The minimum absolute atomic E-state index is 0.0704. The lowest BCUT2D eigenvalue weighted by Gasteiger charge is -2.22. The van der Waals surface area contributed by atoms with Crippen LogP contribution in [-0.4, -0.2) is 81.1 Å². The number of amides is 2. The second-order valence-corrected chi connectivity index (χ2v) is 8.72. The minimum atomic E-state index is -1.23. The molecule has 11 nitrogen and oxygen atoms in total. The molecular formula is C19H33N3O8S. The Kier molecular flexibility index (Phi) is 12.5. The van der Waals surface area contributed by atoms with Crippen LogP contribution in [0, 0.1) is 0 Å². The Morgan fingerprint density at radius 1 is 1.23 bits per heavy atom. The Labute approximate surface area is 185 Å². The molecule has 1 rings (SSSR count). The zero-order chi connectivity index (χ0) is 23.4. The largest absolute Gasteiger partial charge is 0.480 e. The first-order chi connectivity index (χ1) is 14.6. The molecule has 1 aliphatic rings. The van der Waals surface area contributed by atoms with E-state index in [2.05, 4.69) is 17.6 Å². The number of nitrogens with two attached hydrogens (primary N) is 1. The summed E-state index contributed by atoms with van der Waals surface area (Å²) in [6, 6.07) is -2.22. The number of carbonyl (C=O) groups excluding carboxylic acids is 2. The molecule has 0 aliphatic carbocycles. The molecule has 0 unspecified atom stereocenters. The molecule has 31 heavy (non-hydrogen) atoms. The highest BCUT2D eigenvalue weighted by Gasteiger charge is 2.35. The van der Waals surface area contributed by atoms with Crippen LogP contribution in [0.3, 0.4) is 0 Å². The number of carboxylic acid groups (broad SMARTS) is 2. The number of carbonyl (C=O) groups is 4. The van der Waals surface area contributed by atoms with Crippen LogP contribution in [0.2, 0.25) is 0 Å². The summed E-state index contributed by atoms with van der Waals surface area (Å²) >= 11 is 1.37. The maximum absolute atomic E-state index is 12.4. The molecule has 0 spiro atoms. The lowest BCUT2D eigenvalue weighted by molar-refractivity contribution is -0.139. The van der Waals surface area contributed by atoms with E-state index in [9.17, 15) is 24.3 Å². The number of hydrogen-bond acceptors (Lipinski definition) is 8. The Morgan fingerprint density at radius 2 is 1.94 bits per heavy atom. The van der Waals surface area contributed by atoms with E-state index in [1.54, 1.807) is 0 Å². The molecule has 5 atom stereocenters. The average Bonchev–Trinajstić information content (AvgIpc) is 3.06. The van der Waals surface area contributed by atoms with Crippen LogP contribution < -0.4 is 16.4 Å². The van der Waals surface area contributed by atoms with Gasteiger partial charge < -0.3 is 36.4 Å². The van der Waals surface area contributed by atoms with Crippen LogP contribution in [0.5, 0.6) is 0 Å². The van der Waals surface area contributed by atoms with Gasteiger partial charge in [-0.15, -0.1) is 0 Å². The monoisotopic (exact) mass is 463 g/mol. The van der Waals surface area contributed by atoms with E-state index in [1.165, 1.54) is 11.8 Å². The van der Waals surface area contributed by atoms with Crippen molar-refractivity contribution in [3.05, 3.63) is 0 Å². The number of unbranched alkanes of at least 4 members (excludes halogenated alkanes) is 2. The molecule has 7 N–H and O–H groups in total. The van der Waals surface area contributed by atoms with Gasteiger partial charge in [0, 0.05) is 23.8 Å². The number of hydrogen-bond donors (Lipinski definition) is 6. The van der Waals surface area contributed by atoms with Crippen molar-refractivity contribution in [1.82, 2.24) is 10.6 Å². The fourth-order valence-corrected chi connectivity index (χ4v) is 4.48. The fraction of sp³-hybridized carbons (Fsp3) is 0.789. The molecule has 12 heteroatoms. The topological polar surface area (TPSA) is 188 Å². The summed E-state index contributed by atoms with van der Waals surface area (Å²) in [5.74, 6) is -3.52. The van der Waals surface area contributed by atoms with Crippen molar-refractivity contribution in [2.24, 2.45) is 5.73 Å². The van der Waals surface area contributed by atoms with Gasteiger partial charge in [-0.25, -0.2) is 0 Å². The van der Waals surface area contributed by atoms with Gasteiger partial charge in [0.2, 0.25) is 11.8 Å². The van der Waals surface area contributed by atoms with Crippen LogP contribution in [-0.2, 0) is 23.9 Å². The van der Waals surface area contributed by atoms with Crippen molar-refractivity contribution in [2.45, 2.75) is 81.6 Å². The first-order valence-corrected chi connectivity index (χ1v) is 11.4. The highest BCUT2D eigenvalue weighted by atomic mass is 32.2. The Bertz CT molecular complexity index is 621. The molecule has 0 aromatic carbocycles. The molecular weight excluding hydrogens is 430 g/mol. The Hall–Kier alpha value is -1.89. The lowest BCUT2D eigenvalue weighted by atomic mass is 10.1. The standard InChI is InChI=1S/C19H33N3O8S/c1-2-3-4-5-13-14(8-17(26)30-13)31-10-12(18(27)21-9-16(24)25)22-15(23)7-6-11(20)19(28)29/h11-14,17,26H,2-10,20H2,1H3,(H,21,27)(H,22,23)(H,24,25)(H,28,29)/t11-,12+,13-,14-,17+/m0/s1. The van der Waals surface area contributed by atoms with Crippen molar-refractivity contribution in [1.29, 1.82) is 0 Å². The number of nitrogens with one attached hydrogen (secondary N) is 2. The molecule has 0 aromatic heterocycles. The van der Waals surface area contributed by atoms with E-state index < -0.39 is 48.7 Å². The normalized spacial score (nSPS) is 22.5. The van der Waals surface area contributed by atoms with E-state index in [4.69, 9.17) is 20.7 Å². The van der Waals surface area contributed by atoms with Crippen molar-refractivity contribution in [3.63, 3.8) is 0 Å². The summed E-state index contributed by atoms with van der Waals surface area (Å²) in [5, 5.41) is 32.1. The molecule has 1 heterocycles. The maximum atomic E-state index is 12.4. The van der Waals surface area contributed by atoms with Gasteiger partial charge in [0.15, 0.2) is 6.29 Å². The van der Waals surface area contributed by atoms with Crippen molar-refractivity contribution < 1.29 is 39.2 Å². The third-order valence-corrected chi connectivity index (χ3v) is 6.26. The second-order valence-electron chi connectivity index (χ2n) is 7.45. The zero-order valence-electron chi connectivity index (χ0n) is 17.6. The smallest absolute Gasteiger partial charge is 0.322 e.